The van der Waals surface area contributed by atoms with Crippen LogP contribution < -0.4 is 15.5 Å². The molecule has 0 saturated carbocycles. The number of carbonyl (C=O) groups is 2. The zero-order valence-corrected chi connectivity index (χ0v) is 13.0. The summed E-state index contributed by atoms with van der Waals surface area (Å²) in [5, 5.41) is 5.43. The highest BCUT2D eigenvalue weighted by Gasteiger charge is 2.33. The summed E-state index contributed by atoms with van der Waals surface area (Å²) in [4.78, 5) is 25.9. The molecule has 6 heteroatoms. The van der Waals surface area contributed by atoms with Gasteiger partial charge in [-0.2, -0.15) is 0 Å². The fraction of sp³-hybridized carbons (Fsp3) is 0.222. The molecule has 3 amide bonds. The Labute approximate surface area is 139 Å². The first-order valence-corrected chi connectivity index (χ1v) is 7.79. The molecular formula is C18H18FN3O2. The summed E-state index contributed by atoms with van der Waals surface area (Å²) in [6.45, 7) is 0.892. The summed E-state index contributed by atoms with van der Waals surface area (Å²) in [5.41, 5.74) is 1.62. The molecule has 1 aliphatic heterocycles. The van der Waals surface area contributed by atoms with Gasteiger partial charge in [-0.25, -0.2) is 9.18 Å². The van der Waals surface area contributed by atoms with Gasteiger partial charge in [-0.1, -0.05) is 30.3 Å². The van der Waals surface area contributed by atoms with Gasteiger partial charge < -0.3 is 15.5 Å². The summed E-state index contributed by atoms with van der Waals surface area (Å²) >= 11 is 0. The van der Waals surface area contributed by atoms with E-state index in [1.54, 1.807) is 17.0 Å². The third-order valence-corrected chi connectivity index (χ3v) is 3.95. The molecule has 0 radical (unpaired) electrons. The van der Waals surface area contributed by atoms with Gasteiger partial charge in [-0.05, 0) is 36.2 Å². The number of urea groups is 1. The molecule has 0 aromatic heterocycles. The predicted octanol–water partition coefficient (Wildman–Crippen LogP) is 2.43. The van der Waals surface area contributed by atoms with E-state index in [-0.39, 0.29) is 17.8 Å². The summed E-state index contributed by atoms with van der Waals surface area (Å²) < 4.78 is 13.0. The van der Waals surface area contributed by atoms with E-state index in [0.29, 0.717) is 25.2 Å². The van der Waals surface area contributed by atoms with E-state index >= 15 is 0 Å². The van der Waals surface area contributed by atoms with Crippen molar-refractivity contribution in [2.75, 3.05) is 11.4 Å². The highest BCUT2D eigenvalue weighted by atomic mass is 19.1. The van der Waals surface area contributed by atoms with Gasteiger partial charge in [-0.3, -0.25) is 4.79 Å². The molecule has 0 spiro atoms. The smallest absolute Gasteiger partial charge is 0.315 e. The van der Waals surface area contributed by atoms with Crippen LogP contribution in [0.3, 0.4) is 0 Å². The lowest BCUT2D eigenvalue weighted by atomic mass is 10.2. The van der Waals surface area contributed by atoms with Crippen molar-refractivity contribution in [3.05, 3.63) is 66.0 Å². The lowest BCUT2D eigenvalue weighted by Gasteiger charge is -2.17. The normalized spacial score (nSPS) is 17.0. The van der Waals surface area contributed by atoms with E-state index in [9.17, 15) is 14.0 Å². The molecule has 2 N–H and O–H groups in total. The van der Waals surface area contributed by atoms with Crippen molar-refractivity contribution in [3.8, 4) is 0 Å². The molecule has 0 bridgehead atoms. The fourth-order valence-corrected chi connectivity index (χ4v) is 2.68. The maximum atomic E-state index is 13.0. The minimum absolute atomic E-state index is 0.184. The average Bonchev–Trinajstić information content (AvgIpc) is 2.95. The van der Waals surface area contributed by atoms with Crippen molar-refractivity contribution in [3.63, 3.8) is 0 Å². The molecule has 24 heavy (non-hydrogen) atoms. The van der Waals surface area contributed by atoms with Crippen LogP contribution in [0.5, 0.6) is 0 Å². The minimum Gasteiger partial charge on any atom is -0.334 e. The van der Waals surface area contributed by atoms with Crippen LogP contribution in [0.4, 0.5) is 14.9 Å². The van der Waals surface area contributed by atoms with Crippen molar-refractivity contribution in [1.29, 1.82) is 0 Å². The lowest BCUT2D eigenvalue weighted by Crippen LogP contribution is -2.45. The van der Waals surface area contributed by atoms with E-state index < -0.39 is 6.04 Å². The van der Waals surface area contributed by atoms with Crippen LogP contribution in [0.25, 0.3) is 0 Å². The molecule has 1 heterocycles. The number of hydrogen-bond donors (Lipinski definition) is 2. The average molecular weight is 327 g/mol. The molecule has 124 valence electrons. The topological polar surface area (TPSA) is 61.4 Å². The van der Waals surface area contributed by atoms with Gasteiger partial charge in [0.25, 0.3) is 0 Å². The van der Waals surface area contributed by atoms with Crippen molar-refractivity contribution >= 4 is 17.6 Å². The highest BCUT2D eigenvalue weighted by molar-refractivity contribution is 6.01. The number of nitrogens with one attached hydrogen (secondary N) is 2. The Kier molecular flexibility index (Phi) is 4.74. The standard InChI is InChI=1S/C18H18FN3O2/c19-14-6-8-15(9-7-14)22-11-10-16(17(22)23)21-18(24)20-12-13-4-2-1-3-5-13/h1-9,16H,10-12H2,(H2,20,21,24)/t16-/m0/s1. The van der Waals surface area contributed by atoms with E-state index in [4.69, 9.17) is 0 Å². The van der Waals surface area contributed by atoms with Crippen molar-refractivity contribution in [2.45, 2.75) is 19.0 Å². The van der Waals surface area contributed by atoms with E-state index in [2.05, 4.69) is 10.6 Å². The molecule has 5 nitrogen and oxygen atoms in total. The van der Waals surface area contributed by atoms with Crippen LogP contribution in [0.1, 0.15) is 12.0 Å². The number of carbonyl (C=O) groups excluding carboxylic acids is 2. The monoisotopic (exact) mass is 327 g/mol. The number of halogens is 1. The quantitative estimate of drug-likeness (QED) is 0.906. The van der Waals surface area contributed by atoms with Crippen molar-refractivity contribution in [2.24, 2.45) is 0 Å². The molecule has 1 aliphatic rings. The zero-order chi connectivity index (χ0) is 16.9. The predicted molar refractivity (Wildman–Crippen MR) is 89.0 cm³/mol. The number of nitrogens with zero attached hydrogens (tertiary/aromatic N) is 1. The SMILES string of the molecule is O=C(NCc1ccccc1)N[C@H]1CCN(c2ccc(F)cc2)C1=O. The number of hydrogen-bond acceptors (Lipinski definition) is 2. The largest absolute Gasteiger partial charge is 0.334 e. The minimum atomic E-state index is -0.564. The molecule has 1 fully saturated rings. The molecule has 3 rings (SSSR count). The molecule has 1 saturated heterocycles. The maximum absolute atomic E-state index is 13.0. The van der Waals surface area contributed by atoms with Crippen molar-refractivity contribution in [1.82, 2.24) is 10.6 Å². The molecule has 1 atom stereocenters. The Balaban J connectivity index is 1.53. The summed E-state index contributed by atoms with van der Waals surface area (Å²) in [7, 11) is 0. The molecular weight excluding hydrogens is 309 g/mol. The van der Waals surface area contributed by atoms with Crippen LogP contribution in [0, 0.1) is 5.82 Å². The first-order valence-electron chi connectivity index (χ1n) is 7.79. The van der Waals surface area contributed by atoms with Crippen molar-refractivity contribution < 1.29 is 14.0 Å². The molecule has 2 aromatic rings. The maximum Gasteiger partial charge on any atom is 0.315 e. The van der Waals surface area contributed by atoms with Crippen LogP contribution >= 0.6 is 0 Å². The Morgan fingerprint density at radius 1 is 1.12 bits per heavy atom. The van der Waals surface area contributed by atoms with Crippen LogP contribution in [-0.2, 0) is 11.3 Å². The Hall–Kier alpha value is -2.89. The third kappa shape index (κ3) is 3.71. The van der Waals surface area contributed by atoms with Gasteiger partial charge in [-0.15, -0.1) is 0 Å². The first-order chi connectivity index (χ1) is 11.6. The van der Waals surface area contributed by atoms with E-state index in [1.807, 2.05) is 30.3 Å². The van der Waals surface area contributed by atoms with Crippen LogP contribution in [0.2, 0.25) is 0 Å². The van der Waals surface area contributed by atoms with Crippen LogP contribution in [-0.4, -0.2) is 24.5 Å². The van der Waals surface area contributed by atoms with Gasteiger partial charge in [0.2, 0.25) is 5.91 Å². The first kappa shape index (κ1) is 16.0. The Morgan fingerprint density at radius 2 is 1.83 bits per heavy atom. The number of amides is 3. The fourth-order valence-electron chi connectivity index (χ4n) is 2.68. The molecule has 0 aliphatic carbocycles. The van der Waals surface area contributed by atoms with Gasteiger partial charge >= 0.3 is 6.03 Å². The third-order valence-electron chi connectivity index (χ3n) is 3.95. The molecule has 0 unspecified atom stereocenters. The Morgan fingerprint density at radius 3 is 2.54 bits per heavy atom. The Bertz CT molecular complexity index is 719. The van der Waals surface area contributed by atoms with E-state index in [0.717, 1.165) is 5.56 Å². The summed E-state index contributed by atoms with van der Waals surface area (Å²) in [5.74, 6) is -0.531. The van der Waals surface area contributed by atoms with Gasteiger partial charge in [0.15, 0.2) is 0 Å². The number of anilines is 1. The molecule has 2 aromatic carbocycles. The van der Waals surface area contributed by atoms with Crippen LogP contribution in [0.15, 0.2) is 54.6 Å². The summed E-state index contributed by atoms with van der Waals surface area (Å²) in [6, 6.07) is 14.3. The zero-order valence-electron chi connectivity index (χ0n) is 13.0. The second-order valence-corrected chi connectivity index (χ2v) is 5.62. The second-order valence-electron chi connectivity index (χ2n) is 5.62. The number of rotatable bonds is 4. The second kappa shape index (κ2) is 7.12. The number of benzene rings is 2. The highest BCUT2D eigenvalue weighted by Crippen LogP contribution is 2.21. The van der Waals surface area contributed by atoms with E-state index in [1.165, 1.54) is 12.1 Å². The summed E-state index contributed by atoms with van der Waals surface area (Å²) in [6.07, 6.45) is 0.523. The van der Waals surface area contributed by atoms with Gasteiger partial charge in [0, 0.05) is 18.8 Å². The van der Waals surface area contributed by atoms with Gasteiger partial charge in [0.1, 0.15) is 11.9 Å². The van der Waals surface area contributed by atoms with Gasteiger partial charge in [0.05, 0.1) is 0 Å². The lowest BCUT2D eigenvalue weighted by molar-refractivity contribution is -0.118.